The molecule has 2 aromatic heterocycles. The third kappa shape index (κ3) is 4.77. The minimum atomic E-state index is -0.0502. The van der Waals surface area contributed by atoms with Crippen LogP contribution in [0.15, 0.2) is 40.6 Å². The van der Waals surface area contributed by atoms with Gasteiger partial charge >= 0.3 is 0 Å². The molecule has 1 saturated heterocycles. The van der Waals surface area contributed by atoms with Gasteiger partial charge in [0.2, 0.25) is 5.91 Å². The topological polar surface area (TPSA) is 88.4 Å². The van der Waals surface area contributed by atoms with E-state index in [-0.39, 0.29) is 11.5 Å². The Morgan fingerprint density at radius 1 is 1.06 bits per heavy atom. The number of thiazole rings is 1. The van der Waals surface area contributed by atoms with Crippen LogP contribution in [-0.2, 0) is 11.3 Å². The lowest BCUT2D eigenvalue weighted by Crippen LogP contribution is -2.48. The largest absolute Gasteiger partial charge is 0.490 e. The van der Waals surface area contributed by atoms with Gasteiger partial charge in [0.05, 0.1) is 25.5 Å². The van der Waals surface area contributed by atoms with Crippen LogP contribution < -0.4 is 20.3 Å². The zero-order valence-electron chi connectivity index (χ0n) is 17.7. The second-order valence-corrected chi connectivity index (χ2v) is 8.83. The SMILES string of the molecule is O=C(CN1CCN(Cc2cc(=O)n3ccsc3n2)CC1)Nc1ccc2c(c1)OCCCO2. The number of carbonyl (C=O) groups excluding carboxylic acids is 1. The van der Waals surface area contributed by atoms with Crippen molar-refractivity contribution in [3.63, 3.8) is 0 Å². The van der Waals surface area contributed by atoms with Gasteiger partial charge in [-0.15, -0.1) is 11.3 Å². The maximum absolute atomic E-state index is 12.5. The molecule has 3 aromatic rings. The second-order valence-electron chi connectivity index (χ2n) is 7.95. The monoisotopic (exact) mass is 455 g/mol. The minimum Gasteiger partial charge on any atom is -0.490 e. The second kappa shape index (κ2) is 9.27. The molecule has 2 aliphatic heterocycles. The lowest BCUT2D eigenvalue weighted by Gasteiger charge is -2.34. The molecule has 0 aliphatic carbocycles. The van der Waals surface area contributed by atoms with Gasteiger partial charge in [0.15, 0.2) is 16.5 Å². The summed E-state index contributed by atoms with van der Waals surface area (Å²) in [5, 5.41) is 4.82. The third-order valence-electron chi connectivity index (χ3n) is 5.61. The fourth-order valence-electron chi connectivity index (χ4n) is 3.95. The van der Waals surface area contributed by atoms with E-state index in [4.69, 9.17) is 9.47 Å². The highest BCUT2D eigenvalue weighted by atomic mass is 32.1. The molecule has 0 atom stereocenters. The first-order chi connectivity index (χ1) is 15.6. The van der Waals surface area contributed by atoms with E-state index >= 15 is 0 Å². The van der Waals surface area contributed by atoms with E-state index in [0.29, 0.717) is 43.5 Å². The van der Waals surface area contributed by atoms with Crippen LogP contribution in [0.3, 0.4) is 0 Å². The summed E-state index contributed by atoms with van der Waals surface area (Å²) in [7, 11) is 0. The van der Waals surface area contributed by atoms with E-state index < -0.39 is 0 Å². The van der Waals surface area contributed by atoms with Crippen LogP contribution in [0.5, 0.6) is 11.5 Å². The van der Waals surface area contributed by atoms with Crippen LogP contribution in [-0.4, -0.2) is 71.0 Å². The van der Waals surface area contributed by atoms with Crippen LogP contribution in [0, 0.1) is 0 Å². The Kier molecular flexibility index (Phi) is 6.06. The molecule has 1 amide bonds. The van der Waals surface area contributed by atoms with Gasteiger partial charge in [-0.25, -0.2) is 4.98 Å². The van der Waals surface area contributed by atoms with Crippen molar-refractivity contribution >= 4 is 27.9 Å². The Bertz CT molecular complexity index is 1170. The number of aromatic nitrogens is 2. The molecule has 4 heterocycles. The van der Waals surface area contributed by atoms with E-state index in [1.165, 1.54) is 11.3 Å². The van der Waals surface area contributed by atoms with Crippen molar-refractivity contribution < 1.29 is 14.3 Å². The first-order valence-electron chi connectivity index (χ1n) is 10.7. The van der Waals surface area contributed by atoms with Gasteiger partial charge in [0, 0.05) is 68.5 Å². The smallest absolute Gasteiger partial charge is 0.258 e. The number of hydrogen-bond donors (Lipinski definition) is 1. The summed E-state index contributed by atoms with van der Waals surface area (Å²) in [4.78, 5) is 34.4. The van der Waals surface area contributed by atoms with E-state index in [1.54, 1.807) is 16.7 Å². The predicted molar refractivity (Wildman–Crippen MR) is 122 cm³/mol. The van der Waals surface area contributed by atoms with E-state index in [2.05, 4.69) is 20.1 Å². The Balaban J connectivity index is 1.12. The number of anilines is 1. The maximum Gasteiger partial charge on any atom is 0.258 e. The summed E-state index contributed by atoms with van der Waals surface area (Å²) in [5.74, 6) is 1.33. The Morgan fingerprint density at radius 3 is 2.69 bits per heavy atom. The van der Waals surface area contributed by atoms with Gasteiger partial charge < -0.3 is 14.8 Å². The summed E-state index contributed by atoms with van der Waals surface area (Å²) in [6.45, 7) is 5.44. The predicted octanol–water partition coefficient (Wildman–Crippen LogP) is 1.67. The van der Waals surface area contributed by atoms with Gasteiger partial charge in [0.25, 0.3) is 5.56 Å². The van der Waals surface area contributed by atoms with Gasteiger partial charge in [-0.2, -0.15) is 0 Å². The van der Waals surface area contributed by atoms with Crippen LogP contribution in [0.4, 0.5) is 5.69 Å². The number of piperazine rings is 1. The number of ether oxygens (including phenoxy) is 2. The molecule has 0 bridgehead atoms. The van der Waals surface area contributed by atoms with Gasteiger partial charge in [0.1, 0.15) is 0 Å². The average Bonchev–Trinajstić information content (AvgIpc) is 3.13. The molecule has 0 spiro atoms. The highest BCUT2D eigenvalue weighted by Crippen LogP contribution is 2.32. The molecule has 5 rings (SSSR count). The maximum atomic E-state index is 12.5. The number of amides is 1. The van der Waals surface area contributed by atoms with Crippen LogP contribution in [0.25, 0.3) is 4.96 Å². The van der Waals surface area contributed by atoms with Crippen LogP contribution >= 0.6 is 11.3 Å². The van der Waals surface area contributed by atoms with E-state index in [1.807, 2.05) is 23.6 Å². The molecule has 168 valence electrons. The van der Waals surface area contributed by atoms with Crippen molar-refractivity contribution in [1.82, 2.24) is 19.2 Å². The molecule has 1 aromatic carbocycles. The van der Waals surface area contributed by atoms with Crippen molar-refractivity contribution in [3.8, 4) is 11.5 Å². The van der Waals surface area contributed by atoms with E-state index in [9.17, 15) is 9.59 Å². The molecular formula is C22H25N5O4S. The molecule has 1 N–H and O–H groups in total. The van der Waals surface area contributed by atoms with Crippen LogP contribution in [0.1, 0.15) is 12.1 Å². The van der Waals surface area contributed by atoms with Gasteiger partial charge in [-0.05, 0) is 12.1 Å². The summed E-state index contributed by atoms with van der Waals surface area (Å²) < 4.78 is 12.9. The van der Waals surface area contributed by atoms with Crippen molar-refractivity contribution in [2.45, 2.75) is 13.0 Å². The molecule has 0 unspecified atom stereocenters. The summed E-state index contributed by atoms with van der Waals surface area (Å²) >= 11 is 1.46. The summed E-state index contributed by atoms with van der Waals surface area (Å²) in [6, 6.07) is 7.09. The average molecular weight is 456 g/mol. The minimum absolute atomic E-state index is 0.0451. The van der Waals surface area contributed by atoms with Crippen molar-refractivity contribution in [1.29, 1.82) is 0 Å². The number of rotatable bonds is 5. The van der Waals surface area contributed by atoms with E-state index in [0.717, 1.165) is 43.3 Å². The molecular weight excluding hydrogens is 430 g/mol. The summed E-state index contributed by atoms with van der Waals surface area (Å²) in [5.41, 5.74) is 1.45. The number of hydrogen-bond acceptors (Lipinski definition) is 8. The third-order valence-corrected chi connectivity index (χ3v) is 6.36. The number of nitrogens with zero attached hydrogens (tertiary/aromatic N) is 4. The fourth-order valence-corrected chi connectivity index (χ4v) is 4.69. The molecule has 10 heteroatoms. The van der Waals surface area contributed by atoms with Gasteiger partial charge in [-0.1, -0.05) is 0 Å². The lowest BCUT2D eigenvalue weighted by atomic mass is 10.2. The molecule has 0 radical (unpaired) electrons. The first-order valence-corrected chi connectivity index (χ1v) is 11.6. The quantitative estimate of drug-likeness (QED) is 0.626. The zero-order chi connectivity index (χ0) is 21.9. The van der Waals surface area contributed by atoms with Crippen molar-refractivity contribution in [2.24, 2.45) is 0 Å². The lowest BCUT2D eigenvalue weighted by molar-refractivity contribution is -0.117. The standard InChI is InChI=1S/C22H25N5O4S/c28-20(23-16-2-3-18-19(12-16)31-10-1-9-30-18)15-26-6-4-25(5-7-26)14-17-13-21(29)27-8-11-32-22(27)24-17/h2-3,8,11-13H,1,4-7,9-10,14-15H2,(H,23,28). The number of carbonyl (C=O) groups is 1. The fraction of sp³-hybridized carbons (Fsp3) is 0.409. The molecule has 2 aliphatic rings. The number of nitrogens with one attached hydrogen (secondary N) is 1. The highest BCUT2D eigenvalue weighted by molar-refractivity contribution is 7.15. The van der Waals surface area contributed by atoms with Crippen molar-refractivity contribution in [2.75, 3.05) is 51.3 Å². The Morgan fingerprint density at radius 2 is 1.84 bits per heavy atom. The summed E-state index contributed by atoms with van der Waals surface area (Å²) in [6.07, 6.45) is 2.59. The zero-order valence-corrected chi connectivity index (χ0v) is 18.5. The highest BCUT2D eigenvalue weighted by Gasteiger charge is 2.20. The molecule has 9 nitrogen and oxygen atoms in total. The number of benzene rings is 1. The molecule has 1 fully saturated rings. The van der Waals surface area contributed by atoms with Crippen molar-refractivity contribution in [3.05, 3.63) is 51.9 Å². The normalized spacial score (nSPS) is 17.2. The molecule has 32 heavy (non-hydrogen) atoms. The first kappa shape index (κ1) is 20.9. The number of fused-ring (bicyclic) bond motifs is 2. The Labute approximate surface area is 189 Å². The van der Waals surface area contributed by atoms with Crippen LogP contribution in [0.2, 0.25) is 0 Å². The Hall–Kier alpha value is -2.95. The molecule has 0 saturated carbocycles. The van der Waals surface area contributed by atoms with Gasteiger partial charge in [-0.3, -0.25) is 23.8 Å².